The summed E-state index contributed by atoms with van der Waals surface area (Å²) in [6, 6.07) is -0.206. The zero-order chi connectivity index (χ0) is 13.1. The maximum absolute atomic E-state index is 12.2. The minimum atomic E-state index is -0.421. The number of rotatable bonds is 2. The third-order valence-corrected chi connectivity index (χ3v) is 3.55. The molecule has 3 N–H and O–H groups in total. The van der Waals surface area contributed by atoms with E-state index in [0.29, 0.717) is 19.5 Å². The Morgan fingerprint density at radius 1 is 1.44 bits per heavy atom. The van der Waals surface area contributed by atoms with Gasteiger partial charge in [-0.25, -0.2) is 0 Å². The lowest BCUT2D eigenvalue weighted by Crippen LogP contribution is -2.53. The van der Waals surface area contributed by atoms with Crippen LogP contribution in [0.1, 0.15) is 26.2 Å². The fourth-order valence-corrected chi connectivity index (χ4v) is 2.71. The molecular formula is C12H21N3O3. The van der Waals surface area contributed by atoms with Crippen LogP contribution in [0.5, 0.6) is 0 Å². The van der Waals surface area contributed by atoms with E-state index >= 15 is 0 Å². The molecule has 0 aromatic heterocycles. The number of nitrogens with zero attached hydrogens (tertiary/aromatic N) is 1. The maximum atomic E-state index is 12.2. The predicted molar refractivity (Wildman–Crippen MR) is 65.8 cm³/mol. The molecule has 2 fully saturated rings. The van der Waals surface area contributed by atoms with Gasteiger partial charge in [0.15, 0.2) is 0 Å². The van der Waals surface area contributed by atoms with Gasteiger partial charge in [0.2, 0.25) is 11.8 Å². The Morgan fingerprint density at radius 2 is 2.22 bits per heavy atom. The molecule has 0 radical (unpaired) electrons. The highest BCUT2D eigenvalue weighted by Gasteiger charge is 2.33. The number of hydrogen-bond donors (Lipinski definition) is 3. The number of nitrogens with one attached hydrogen (secondary N) is 2. The van der Waals surface area contributed by atoms with E-state index in [4.69, 9.17) is 0 Å². The van der Waals surface area contributed by atoms with E-state index in [1.165, 1.54) is 6.92 Å². The van der Waals surface area contributed by atoms with E-state index in [0.717, 1.165) is 19.4 Å². The molecule has 2 amide bonds. The van der Waals surface area contributed by atoms with Crippen molar-refractivity contribution in [1.82, 2.24) is 15.5 Å². The first-order valence-electron chi connectivity index (χ1n) is 6.53. The van der Waals surface area contributed by atoms with Gasteiger partial charge in [0.25, 0.3) is 0 Å². The first-order chi connectivity index (χ1) is 8.56. The summed E-state index contributed by atoms with van der Waals surface area (Å²) in [7, 11) is 0. The highest BCUT2D eigenvalue weighted by Crippen LogP contribution is 2.15. The lowest BCUT2D eigenvalue weighted by atomic mass is 10.0. The predicted octanol–water partition coefficient (Wildman–Crippen LogP) is -1.16. The monoisotopic (exact) mass is 255 g/mol. The van der Waals surface area contributed by atoms with Gasteiger partial charge in [0, 0.05) is 32.6 Å². The molecule has 0 aromatic carbocycles. The minimum Gasteiger partial charge on any atom is -0.392 e. The van der Waals surface area contributed by atoms with E-state index in [9.17, 15) is 14.7 Å². The molecule has 3 unspecified atom stereocenters. The summed E-state index contributed by atoms with van der Waals surface area (Å²) in [4.78, 5) is 25.0. The average Bonchev–Trinajstić information content (AvgIpc) is 2.74. The summed E-state index contributed by atoms with van der Waals surface area (Å²) in [5.74, 6) is -0.00897. The van der Waals surface area contributed by atoms with Crippen LogP contribution in [0.15, 0.2) is 0 Å². The van der Waals surface area contributed by atoms with Crippen molar-refractivity contribution < 1.29 is 14.7 Å². The van der Waals surface area contributed by atoms with Crippen LogP contribution in [-0.4, -0.2) is 59.6 Å². The van der Waals surface area contributed by atoms with E-state index in [1.807, 2.05) is 0 Å². The van der Waals surface area contributed by atoms with Crippen molar-refractivity contribution in [2.75, 3.05) is 19.6 Å². The zero-order valence-corrected chi connectivity index (χ0v) is 10.7. The molecule has 102 valence electrons. The Bertz CT molecular complexity index is 335. The van der Waals surface area contributed by atoms with Crippen LogP contribution in [0.25, 0.3) is 0 Å². The van der Waals surface area contributed by atoms with Crippen molar-refractivity contribution in [2.45, 2.75) is 44.4 Å². The fraction of sp³-hybridized carbons (Fsp3) is 0.833. The molecule has 3 atom stereocenters. The molecular weight excluding hydrogens is 234 g/mol. The number of likely N-dealkylation sites (tertiary alicyclic amines) is 1. The molecule has 0 aromatic rings. The van der Waals surface area contributed by atoms with Crippen molar-refractivity contribution in [3.05, 3.63) is 0 Å². The Hall–Kier alpha value is -1.14. The topological polar surface area (TPSA) is 81.7 Å². The smallest absolute Gasteiger partial charge is 0.239 e. The van der Waals surface area contributed by atoms with Gasteiger partial charge in [-0.15, -0.1) is 0 Å². The van der Waals surface area contributed by atoms with E-state index in [-0.39, 0.29) is 23.9 Å². The number of aliphatic hydroxyl groups excluding tert-OH is 1. The quantitative estimate of drug-likeness (QED) is 0.581. The summed E-state index contributed by atoms with van der Waals surface area (Å²) >= 11 is 0. The summed E-state index contributed by atoms with van der Waals surface area (Å²) in [5.41, 5.74) is 0. The molecule has 6 heteroatoms. The highest BCUT2D eigenvalue weighted by atomic mass is 16.3. The lowest BCUT2D eigenvalue weighted by molar-refractivity contribution is -0.135. The molecule has 18 heavy (non-hydrogen) atoms. The van der Waals surface area contributed by atoms with Crippen LogP contribution in [0.3, 0.4) is 0 Å². The summed E-state index contributed by atoms with van der Waals surface area (Å²) in [6.45, 7) is 3.30. The SMILES string of the molecule is CC(=O)NC1CCCN(C(=O)C2CC(O)CN2)C1. The number of carbonyl (C=O) groups is 2. The third-order valence-electron chi connectivity index (χ3n) is 3.55. The molecule has 0 spiro atoms. The number of hydrogen-bond acceptors (Lipinski definition) is 4. The Balaban J connectivity index is 1.88. The fourth-order valence-electron chi connectivity index (χ4n) is 2.71. The van der Waals surface area contributed by atoms with Crippen LogP contribution in [-0.2, 0) is 9.59 Å². The molecule has 2 saturated heterocycles. The number of piperidine rings is 1. The molecule has 6 nitrogen and oxygen atoms in total. The van der Waals surface area contributed by atoms with Crippen LogP contribution in [0.2, 0.25) is 0 Å². The van der Waals surface area contributed by atoms with Gasteiger partial charge in [-0.05, 0) is 19.3 Å². The molecule has 0 saturated carbocycles. The molecule has 2 heterocycles. The number of carbonyl (C=O) groups excluding carboxylic acids is 2. The van der Waals surface area contributed by atoms with Gasteiger partial charge in [0.05, 0.1) is 12.1 Å². The number of amides is 2. The minimum absolute atomic E-state index is 0.0432. The third kappa shape index (κ3) is 3.20. The zero-order valence-electron chi connectivity index (χ0n) is 10.7. The van der Waals surface area contributed by atoms with Crippen molar-refractivity contribution >= 4 is 11.8 Å². The van der Waals surface area contributed by atoms with E-state index in [1.54, 1.807) is 4.90 Å². The second-order valence-corrected chi connectivity index (χ2v) is 5.17. The van der Waals surface area contributed by atoms with E-state index < -0.39 is 6.10 Å². The number of aliphatic hydroxyl groups is 1. The van der Waals surface area contributed by atoms with Crippen molar-refractivity contribution in [2.24, 2.45) is 0 Å². The summed E-state index contributed by atoms with van der Waals surface area (Å²) < 4.78 is 0. The van der Waals surface area contributed by atoms with Gasteiger partial charge < -0.3 is 20.6 Å². The molecule has 2 aliphatic heterocycles. The molecule has 0 bridgehead atoms. The summed E-state index contributed by atoms with van der Waals surface area (Å²) in [6.07, 6.45) is 1.89. The lowest BCUT2D eigenvalue weighted by Gasteiger charge is -2.34. The largest absolute Gasteiger partial charge is 0.392 e. The van der Waals surface area contributed by atoms with E-state index in [2.05, 4.69) is 10.6 Å². The standard InChI is InChI=1S/C12H21N3O3/c1-8(16)14-9-3-2-4-15(7-9)12(18)11-5-10(17)6-13-11/h9-11,13,17H,2-7H2,1H3,(H,14,16). The first-order valence-corrected chi connectivity index (χ1v) is 6.53. The Labute approximate surface area is 107 Å². The second-order valence-electron chi connectivity index (χ2n) is 5.17. The average molecular weight is 255 g/mol. The maximum Gasteiger partial charge on any atom is 0.239 e. The van der Waals surface area contributed by atoms with Crippen molar-refractivity contribution in [1.29, 1.82) is 0 Å². The van der Waals surface area contributed by atoms with Crippen LogP contribution in [0, 0.1) is 0 Å². The second kappa shape index (κ2) is 5.67. The van der Waals surface area contributed by atoms with Crippen molar-refractivity contribution in [3.8, 4) is 0 Å². The normalized spacial score (nSPS) is 32.3. The highest BCUT2D eigenvalue weighted by molar-refractivity contribution is 5.82. The van der Waals surface area contributed by atoms with Crippen LogP contribution in [0.4, 0.5) is 0 Å². The molecule has 2 aliphatic rings. The van der Waals surface area contributed by atoms with Gasteiger partial charge in [-0.2, -0.15) is 0 Å². The van der Waals surface area contributed by atoms with Crippen LogP contribution < -0.4 is 10.6 Å². The Kier molecular flexibility index (Phi) is 4.19. The summed E-state index contributed by atoms with van der Waals surface area (Å²) in [5, 5.41) is 15.3. The van der Waals surface area contributed by atoms with Crippen LogP contribution >= 0.6 is 0 Å². The molecule has 0 aliphatic carbocycles. The first kappa shape index (κ1) is 13.3. The van der Waals surface area contributed by atoms with Gasteiger partial charge in [0.1, 0.15) is 0 Å². The molecule has 2 rings (SSSR count). The van der Waals surface area contributed by atoms with Gasteiger partial charge in [-0.1, -0.05) is 0 Å². The van der Waals surface area contributed by atoms with Crippen molar-refractivity contribution in [3.63, 3.8) is 0 Å². The number of β-amino-alcohol motifs (C(OH)–C–C–N with tert-alkyl or cyclic N) is 1. The van der Waals surface area contributed by atoms with Gasteiger partial charge in [-0.3, -0.25) is 9.59 Å². The Morgan fingerprint density at radius 3 is 2.83 bits per heavy atom. The van der Waals surface area contributed by atoms with Gasteiger partial charge >= 0.3 is 0 Å².